The van der Waals surface area contributed by atoms with Gasteiger partial charge in [0.15, 0.2) is 6.61 Å². The number of phenols is 1. The van der Waals surface area contributed by atoms with E-state index in [2.05, 4.69) is 5.32 Å². The van der Waals surface area contributed by atoms with Gasteiger partial charge in [0.1, 0.15) is 23.0 Å². The Bertz CT molecular complexity index is 832. The van der Waals surface area contributed by atoms with E-state index >= 15 is 0 Å². The van der Waals surface area contributed by atoms with Crippen molar-refractivity contribution in [3.63, 3.8) is 0 Å². The Balaban J connectivity index is 1.51. The Hall–Kier alpha value is -3.47. The molecule has 0 radical (unpaired) electrons. The van der Waals surface area contributed by atoms with Gasteiger partial charge in [0.05, 0.1) is 5.69 Å². The van der Waals surface area contributed by atoms with Crippen molar-refractivity contribution in [3.8, 4) is 23.0 Å². The molecule has 2 N–H and O–H groups in total. The molecule has 0 saturated heterocycles. The first-order valence-electron chi connectivity index (χ1n) is 7.74. The lowest BCUT2D eigenvalue weighted by Gasteiger charge is -2.09. The van der Waals surface area contributed by atoms with Gasteiger partial charge < -0.3 is 19.9 Å². The second-order valence-electron chi connectivity index (χ2n) is 5.24. The maximum atomic E-state index is 11.9. The van der Waals surface area contributed by atoms with Gasteiger partial charge in [0.25, 0.3) is 5.91 Å². The Morgan fingerprint density at radius 2 is 1.40 bits per heavy atom. The molecule has 0 aliphatic rings. The van der Waals surface area contributed by atoms with Crippen molar-refractivity contribution in [1.82, 2.24) is 0 Å². The molecule has 25 heavy (non-hydrogen) atoms. The van der Waals surface area contributed by atoms with E-state index in [1.807, 2.05) is 30.3 Å². The standard InChI is InChI=1S/C20H17NO4/c22-19-9-5-4-8-18(19)21-20(23)14-24-15-10-12-17(13-11-15)25-16-6-2-1-3-7-16/h1-13,22H,14H2,(H,21,23). The lowest BCUT2D eigenvalue weighted by Crippen LogP contribution is -2.20. The second-order valence-corrected chi connectivity index (χ2v) is 5.24. The maximum absolute atomic E-state index is 11.9. The number of aromatic hydroxyl groups is 1. The largest absolute Gasteiger partial charge is 0.506 e. The van der Waals surface area contributed by atoms with Crippen LogP contribution in [0.1, 0.15) is 0 Å². The number of nitrogens with one attached hydrogen (secondary N) is 1. The minimum absolute atomic E-state index is 0.0123. The fraction of sp³-hybridized carbons (Fsp3) is 0.0500. The highest BCUT2D eigenvalue weighted by Crippen LogP contribution is 2.24. The summed E-state index contributed by atoms with van der Waals surface area (Å²) in [6.07, 6.45) is 0. The average Bonchev–Trinajstić information content (AvgIpc) is 2.64. The average molecular weight is 335 g/mol. The minimum atomic E-state index is -0.355. The predicted octanol–water partition coefficient (Wildman–Crippen LogP) is 4.20. The zero-order valence-corrected chi connectivity index (χ0v) is 13.4. The maximum Gasteiger partial charge on any atom is 0.262 e. The van der Waals surface area contributed by atoms with Crippen LogP contribution in [0.2, 0.25) is 0 Å². The van der Waals surface area contributed by atoms with Crippen LogP contribution in [0.5, 0.6) is 23.0 Å². The summed E-state index contributed by atoms with van der Waals surface area (Å²) >= 11 is 0. The monoisotopic (exact) mass is 335 g/mol. The van der Waals surface area contributed by atoms with E-state index in [9.17, 15) is 9.90 Å². The van der Waals surface area contributed by atoms with Gasteiger partial charge in [0.2, 0.25) is 0 Å². The summed E-state index contributed by atoms with van der Waals surface area (Å²) in [6.45, 7) is -0.160. The number of hydrogen-bond donors (Lipinski definition) is 2. The Kier molecular flexibility index (Phi) is 5.16. The highest BCUT2D eigenvalue weighted by Gasteiger charge is 2.07. The predicted molar refractivity (Wildman–Crippen MR) is 95.2 cm³/mol. The van der Waals surface area contributed by atoms with Gasteiger partial charge in [-0.2, -0.15) is 0 Å². The molecule has 0 saturated carbocycles. The fourth-order valence-electron chi connectivity index (χ4n) is 2.14. The van der Waals surface area contributed by atoms with E-state index < -0.39 is 0 Å². The Morgan fingerprint density at radius 3 is 2.12 bits per heavy atom. The minimum Gasteiger partial charge on any atom is -0.506 e. The first-order valence-corrected chi connectivity index (χ1v) is 7.74. The molecule has 0 aliphatic heterocycles. The molecule has 3 rings (SSSR count). The highest BCUT2D eigenvalue weighted by atomic mass is 16.5. The number of phenolic OH excluding ortho intramolecular Hbond substituents is 1. The summed E-state index contributed by atoms with van der Waals surface area (Å²) in [4.78, 5) is 11.9. The molecule has 5 heteroatoms. The van der Waals surface area contributed by atoms with Crippen molar-refractivity contribution >= 4 is 11.6 Å². The Labute approximate surface area is 145 Å². The van der Waals surface area contributed by atoms with Crippen LogP contribution >= 0.6 is 0 Å². The van der Waals surface area contributed by atoms with E-state index in [1.165, 1.54) is 6.07 Å². The van der Waals surface area contributed by atoms with Crippen LogP contribution < -0.4 is 14.8 Å². The second kappa shape index (κ2) is 7.88. The molecule has 0 unspecified atom stereocenters. The van der Waals surface area contributed by atoms with Crippen LogP contribution in [-0.4, -0.2) is 17.6 Å². The van der Waals surface area contributed by atoms with E-state index in [0.717, 1.165) is 5.75 Å². The molecule has 5 nitrogen and oxygen atoms in total. The summed E-state index contributed by atoms with van der Waals surface area (Å²) < 4.78 is 11.1. The lowest BCUT2D eigenvalue weighted by molar-refractivity contribution is -0.118. The Morgan fingerprint density at radius 1 is 0.800 bits per heavy atom. The summed E-state index contributed by atoms with van der Waals surface area (Å²) in [5, 5.41) is 12.2. The molecular formula is C20H17NO4. The number of carbonyl (C=O) groups excluding carboxylic acids is 1. The molecule has 1 amide bonds. The van der Waals surface area contributed by atoms with Crippen molar-refractivity contribution < 1.29 is 19.4 Å². The first-order chi connectivity index (χ1) is 12.2. The van der Waals surface area contributed by atoms with Gasteiger partial charge in [-0.05, 0) is 48.5 Å². The van der Waals surface area contributed by atoms with Crippen LogP contribution in [0.3, 0.4) is 0 Å². The molecule has 0 atom stereocenters. The van der Waals surface area contributed by atoms with Crippen molar-refractivity contribution in [2.75, 3.05) is 11.9 Å². The third-order valence-electron chi connectivity index (χ3n) is 3.35. The third kappa shape index (κ3) is 4.75. The van der Waals surface area contributed by atoms with Crippen LogP contribution in [-0.2, 0) is 4.79 Å². The SMILES string of the molecule is O=C(COc1ccc(Oc2ccccc2)cc1)Nc1ccccc1O. The molecular weight excluding hydrogens is 318 g/mol. The topological polar surface area (TPSA) is 67.8 Å². The van der Waals surface area contributed by atoms with Gasteiger partial charge in [-0.3, -0.25) is 4.79 Å². The van der Waals surface area contributed by atoms with Gasteiger partial charge in [0, 0.05) is 0 Å². The van der Waals surface area contributed by atoms with E-state index in [1.54, 1.807) is 42.5 Å². The van der Waals surface area contributed by atoms with Crippen LogP contribution in [0.4, 0.5) is 5.69 Å². The molecule has 3 aromatic carbocycles. The number of carbonyl (C=O) groups is 1. The number of anilines is 1. The molecule has 0 aromatic heterocycles. The molecule has 0 bridgehead atoms. The number of benzene rings is 3. The van der Waals surface area contributed by atoms with Crippen LogP contribution in [0.25, 0.3) is 0 Å². The van der Waals surface area contributed by atoms with Crippen molar-refractivity contribution in [2.45, 2.75) is 0 Å². The van der Waals surface area contributed by atoms with Crippen molar-refractivity contribution in [1.29, 1.82) is 0 Å². The molecule has 126 valence electrons. The van der Waals surface area contributed by atoms with Crippen molar-refractivity contribution in [2.24, 2.45) is 0 Å². The number of amides is 1. The van der Waals surface area contributed by atoms with E-state index in [4.69, 9.17) is 9.47 Å². The quantitative estimate of drug-likeness (QED) is 0.663. The molecule has 0 fully saturated rings. The zero-order valence-electron chi connectivity index (χ0n) is 13.4. The number of ether oxygens (including phenoxy) is 2. The first kappa shape index (κ1) is 16.4. The molecule has 3 aromatic rings. The van der Waals surface area contributed by atoms with Gasteiger partial charge in [-0.1, -0.05) is 30.3 Å². The summed E-state index contributed by atoms with van der Waals surface area (Å²) in [5.74, 6) is 1.63. The lowest BCUT2D eigenvalue weighted by atomic mass is 10.3. The fourth-order valence-corrected chi connectivity index (χ4v) is 2.14. The summed E-state index contributed by atoms with van der Waals surface area (Å²) in [7, 11) is 0. The summed E-state index contributed by atoms with van der Waals surface area (Å²) in [5.41, 5.74) is 0.350. The zero-order chi connectivity index (χ0) is 17.5. The van der Waals surface area contributed by atoms with Gasteiger partial charge in [-0.15, -0.1) is 0 Å². The smallest absolute Gasteiger partial charge is 0.262 e. The number of para-hydroxylation sites is 3. The van der Waals surface area contributed by atoms with Gasteiger partial charge in [-0.25, -0.2) is 0 Å². The van der Waals surface area contributed by atoms with E-state index in [-0.39, 0.29) is 18.3 Å². The highest BCUT2D eigenvalue weighted by molar-refractivity contribution is 5.93. The van der Waals surface area contributed by atoms with Crippen molar-refractivity contribution in [3.05, 3.63) is 78.9 Å². The van der Waals surface area contributed by atoms with Crippen LogP contribution in [0.15, 0.2) is 78.9 Å². The number of hydrogen-bond acceptors (Lipinski definition) is 4. The molecule has 0 heterocycles. The third-order valence-corrected chi connectivity index (χ3v) is 3.35. The summed E-state index contributed by atoms with van der Waals surface area (Å²) in [6, 6.07) is 23.0. The normalized spacial score (nSPS) is 10.1. The van der Waals surface area contributed by atoms with Gasteiger partial charge >= 0.3 is 0 Å². The number of rotatable bonds is 6. The van der Waals surface area contributed by atoms with Crippen LogP contribution in [0, 0.1) is 0 Å². The molecule has 0 aliphatic carbocycles. The molecule has 0 spiro atoms. The van der Waals surface area contributed by atoms with E-state index in [0.29, 0.717) is 17.2 Å².